The Morgan fingerprint density at radius 3 is 2.86 bits per heavy atom. The maximum atomic E-state index is 11.2. The molecule has 3 rings (SSSR count). The number of hydrogen-bond donors (Lipinski definition) is 1. The van der Waals surface area contributed by atoms with Crippen molar-refractivity contribution in [2.45, 2.75) is 32.4 Å². The molecule has 0 amide bonds. The quantitative estimate of drug-likeness (QED) is 0.904. The second-order valence-electron chi connectivity index (χ2n) is 5.76. The van der Waals surface area contributed by atoms with Gasteiger partial charge in [-0.1, -0.05) is 12.1 Å². The first-order valence-corrected chi connectivity index (χ1v) is 9.41. The van der Waals surface area contributed by atoms with Gasteiger partial charge < -0.3 is 4.57 Å². The van der Waals surface area contributed by atoms with E-state index < -0.39 is 10.0 Å². The highest BCUT2D eigenvalue weighted by molar-refractivity contribution is 7.89. The average Bonchev–Trinajstić information content (AvgIpc) is 3.07. The molecule has 1 atom stereocenters. The Kier molecular flexibility index (Phi) is 4.20. The number of fused-ring (bicyclic) bond motifs is 1. The maximum absolute atomic E-state index is 11.2. The molecule has 2 N–H and O–H groups in total. The molecular weight excluding hydrogens is 300 g/mol. The number of aryl methyl sites for hydroxylation is 1. The van der Waals surface area contributed by atoms with Crippen molar-refractivity contribution in [1.82, 2.24) is 14.5 Å². The first kappa shape index (κ1) is 15.5. The van der Waals surface area contributed by atoms with Gasteiger partial charge in [-0.25, -0.2) is 18.5 Å². The minimum Gasteiger partial charge on any atom is -0.327 e. The first-order chi connectivity index (χ1) is 10.5. The van der Waals surface area contributed by atoms with Gasteiger partial charge in [-0.3, -0.25) is 4.90 Å². The second-order valence-corrected chi connectivity index (χ2v) is 7.50. The molecule has 0 radical (unpaired) electrons. The molecule has 0 spiro atoms. The zero-order valence-electron chi connectivity index (χ0n) is 12.8. The van der Waals surface area contributed by atoms with Crippen molar-refractivity contribution >= 4 is 21.1 Å². The summed E-state index contributed by atoms with van der Waals surface area (Å²) >= 11 is 0. The lowest BCUT2D eigenvalue weighted by atomic mass is 10.2. The van der Waals surface area contributed by atoms with Gasteiger partial charge in [0.05, 0.1) is 22.8 Å². The van der Waals surface area contributed by atoms with Crippen molar-refractivity contribution in [3.05, 3.63) is 30.1 Å². The van der Waals surface area contributed by atoms with E-state index in [0.29, 0.717) is 6.54 Å². The summed E-state index contributed by atoms with van der Waals surface area (Å²) in [6.45, 7) is 4.33. The summed E-state index contributed by atoms with van der Waals surface area (Å²) < 4.78 is 24.7. The molecule has 1 saturated heterocycles. The fraction of sp³-hybridized carbons (Fsp3) is 0.533. The Morgan fingerprint density at radius 1 is 1.36 bits per heavy atom. The molecule has 7 heteroatoms. The fourth-order valence-electron chi connectivity index (χ4n) is 3.31. The Hall–Kier alpha value is -1.44. The van der Waals surface area contributed by atoms with Gasteiger partial charge in [0, 0.05) is 13.1 Å². The summed E-state index contributed by atoms with van der Waals surface area (Å²) in [6.07, 6.45) is 2.07. The molecule has 1 aromatic carbocycles. The second kappa shape index (κ2) is 5.98. The molecule has 0 aliphatic carbocycles. The summed E-state index contributed by atoms with van der Waals surface area (Å²) in [5.74, 6) is 1.03. The van der Waals surface area contributed by atoms with E-state index in [9.17, 15) is 8.42 Å². The fourth-order valence-corrected chi connectivity index (χ4v) is 3.80. The highest BCUT2D eigenvalue weighted by atomic mass is 32.2. The minimum absolute atomic E-state index is 0.00411. The number of nitrogens with zero attached hydrogens (tertiary/aromatic N) is 3. The van der Waals surface area contributed by atoms with Crippen molar-refractivity contribution in [2.75, 3.05) is 18.8 Å². The Bertz CT molecular complexity index is 769. The number of rotatable bonds is 5. The van der Waals surface area contributed by atoms with Crippen LogP contribution in [-0.2, 0) is 16.6 Å². The molecular formula is C15H22N4O2S. The van der Waals surface area contributed by atoms with Crippen molar-refractivity contribution < 1.29 is 8.42 Å². The lowest BCUT2D eigenvalue weighted by Crippen LogP contribution is -2.32. The molecule has 2 heterocycles. The van der Waals surface area contributed by atoms with Gasteiger partial charge in [-0.05, 0) is 38.4 Å². The molecule has 1 fully saturated rings. The number of imidazole rings is 1. The Labute approximate surface area is 131 Å². The van der Waals surface area contributed by atoms with Gasteiger partial charge >= 0.3 is 0 Å². The molecule has 2 aromatic rings. The zero-order valence-corrected chi connectivity index (χ0v) is 13.6. The Morgan fingerprint density at radius 2 is 2.14 bits per heavy atom. The zero-order chi connectivity index (χ0) is 15.7. The maximum Gasteiger partial charge on any atom is 0.210 e. The van der Waals surface area contributed by atoms with E-state index in [1.54, 1.807) is 0 Å². The number of aromatic nitrogens is 2. The van der Waals surface area contributed by atoms with Crippen LogP contribution in [0.5, 0.6) is 0 Å². The first-order valence-electron chi connectivity index (χ1n) is 7.69. The van der Waals surface area contributed by atoms with Crippen LogP contribution in [0, 0.1) is 0 Å². The van der Waals surface area contributed by atoms with Crippen LogP contribution >= 0.6 is 0 Å². The SMILES string of the molecule is CCn1c([C@H]2CCCN2CCS(N)(=O)=O)nc2ccccc21. The van der Waals surface area contributed by atoms with Crippen LogP contribution in [0.2, 0.25) is 0 Å². The van der Waals surface area contributed by atoms with Crippen LogP contribution in [0.15, 0.2) is 24.3 Å². The molecule has 0 saturated carbocycles. The third-order valence-electron chi connectivity index (χ3n) is 4.33. The predicted molar refractivity (Wildman–Crippen MR) is 86.9 cm³/mol. The van der Waals surface area contributed by atoms with Gasteiger partial charge in [0.25, 0.3) is 0 Å². The van der Waals surface area contributed by atoms with E-state index in [0.717, 1.165) is 42.8 Å². The van der Waals surface area contributed by atoms with Crippen molar-refractivity contribution in [3.8, 4) is 0 Å². The van der Waals surface area contributed by atoms with Crippen LogP contribution in [0.4, 0.5) is 0 Å². The number of primary sulfonamides is 1. The van der Waals surface area contributed by atoms with Gasteiger partial charge in [0.2, 0.25) is 10.0 Å². The van der Waals surface area contributed by atoms with E-state index in [2.05, 4.69) is 22.5 Å². The van der Waals surface area contributed by atoms with Crippen LogP contribution in [0.3, 0.4) is 0 Å². The number of likely N-dealkylation sites (tertiary alicyclic amines) is 1. The smallest absolute Gasteiger partial charge is 0.210 e. The van der Waals surface area contributed by atoms with Crippen LogP contribution in [0.25, 0.3) is 11.0 Å². The third kappa shape index (κ3) is 3.02. The predicted octanol–water partition coefficient (Wildman–Crippen LogP) is 1.48. The average molecular weight is 322 g/mol. The van der Waals surface area contributed by atoms with Gasteiger partial charge in [0.15, 0.2) is 0 Å². The highest BCUT2D eigenvalue weighted by Gasteiger charge is 2.30. The van der Waals surface area contributed by atoms with Crippen molar-refractivity contribution in [1.29, 1.82) is 0 Å². The summed E-state index contributed by atoms with van der Waals surface area (Å²) in [5.41, 5.74) is 2.14. The van der Waals surface area contributed by atoms with Crippen LogP contribution < -0.4 is 5.14 Å². The van der Waals surface area contributed by atoms with Crippen LogP contribution in [0.1, 0.15) is 31.6 Å². The summed E-state index contributed by atoms with van der Waals surface area (Å²) in [6, 6.07) is 8.29. The molecule has 22 heavy (non-hydrogen) atoms. The number of nitrogens with two attached hydrogens (primary N) is 1. The lowest BCUT2D eigenvalue weighted by Gasteiger charge is -2.24. The van der Waals surface area contributed by atoms with Crippen LogP contribution in [-0.4, -0.2) is 41.7 Å². The van der Waals surface area contributed by atoms with Gasteiger partial charge in [-0.15, -0.1) is 0 Å². The summed E-state index contributed by atoms with van der Waals surface area (Å²) in [4.78, 5) is 6.99. The number of sulfonamides is 1. The van der Waals surface area contributed by atoms with E-state index in [4.69, 9.17) is 10.1 Å². The largest absolute Gasteiger partial charge is 0.327 e. The molecule has 1 aromatic heterocycles. The normalized spacial score (nSPS) is 20.0. The molecule has 0 bridgehead atoms. The van der Waals surface area contributed by atoms with Gasteiger partial charge in [-0.2, -0.15) is 0 Å². The molecule has 0 unspecified atom stereocenters. The molecule has 6 nitrogen and oxygen atoms in total. The van der Waals surface area contributed by atoms with Gasteiger partial charge in [0.1, 0.15) is 5.82 Å². The number of hydrogen-bond acceptors (Lipinski definition) is 4. The van der Waals surface area contributed by atoms with E-state index in [1.165, 1.54) is 0 Å². The highest BCUT2D eigenvalue weighted by Crippen LogP contribution is 2.33. The number of para-hydroxylation sites is 2. The monoisotopic (exact) mass is 322 g/mol. The lowest BCUT2D eigenvalue weighted by molar-refractivity contribution is 0.258. The van der Waals surface area contributed by atoms with E-state index in [1.807, 2.05) is 18.2 Å². The molecule has 1 aliphatic rings. The van der Waals surface area contributed by atoms with Crippen molar-refractivity contribution in [3.63, 3.8) is 0 Å². The van der Waals surface area contributed by atoms with E-state index >= 15 is 0 Å². The standard InChI is InChI=1S/C15H22N4O2S/c1-2-19-13-7-4-3-6-12(13)17-15(19)14-8-5-9-18(14)10-11-22(16,20)21/h3-4,6-7,14H,2,5,8-11H2,1H3,(H2,16,20,21)/t14-/m1/s1. The summed E-state index contributed by atoms with van der Waals surface area (Å²) in [7, 11) is -3.43. The van der Waals surface area contributed by atoms with E-state index in [-0.39, 0.29) is 11.8 Å². The minimum atomic E-state index is -3.43. The van der Waals surface area contributed by atoms with Crippen molar-refractivity contribution in [2.24, 2.45) is 5.14 Å². The Balaban J connectivity index is 1.92. The topological polar surface area (TPSA) is 81.2 Å². The number of benzene rings is 1. The third-order valence-corrected chi connectivity index (χ3v) is 5.08. The molecule has 120 valence electrons. The summed E-state index contributed by atoms with van der Waals surface area (Å²) in [5, 5.41) is 5.14. The molecule has 1 aliphatic heterocycles.